The predicted octanol–water partition coefficient (Wildman–Crippen LogP) is 1.14. The molecule has 0 fully saturated rings. The van der Waals surface area contributed by atoms with Crippen molar-refractivity contribution in [2.75, 3.05) is 11.4 Å². The van der Waals surface area contributed by atoms with Crippen molar-refractivity contribution in [2.45, 2.75) is 13.3 Å². The summed E-state index contributed by atoms with van der Waals surface area (Å²) >= 11 is 0. The van der Waals surface area contributed by atoms with E-state index >= 15 is 0 Å². The van der Waals surface area contributed by atoms with Crippen LogP contribution < -0.4 is 16.1 Å². The van der Waals surface area contributed by atoms with Crippen molar-refractivity contribution in [1.29, 1.82) is 0 Å². The summed E-state index contributed by atoms with van der Waals surface area (Å²) in [5.41, 5.74) is 2.23. The lowest BCUT2D eigenvalue weighted by Gasteiger charge is -2.31. The lowest BCUT2D eigenvalue weighted by molar-refractivity contribution is 0.743. The molecule has 5 heteroatoms. The number of hydrogen-bond acceptors (Lipinski definition) is 3. The van der Waals surface area contributed by atoms with Crippen molar-refractivity contribution in [3.8, 4) is 0 Å². The molecule has 3 rings (SSSR count). The summed E-state index contributed by atoms with van der Waals surface area (Å²) < 4.78 is 1.13. The molecule has 0 aliphatic carbocycles. The van der Waals surface area contributed by atoms with Gasteiger partial charge in [-0.1, -0.05) is 18.2 Å². The van der Waals surface area contributed by atoms with Crippen molar-refractivity contribution in [2.24, 2.45) is 7.05 Å². The first-order chi connectivity index (χ1) is 9.13. The van der Waals surface area contributed by atoms with Gasteiger partial charge in [0.15, 0.2) is 0 Å². The molecule has 1 aromatic carbocycles. The number of benzene rings is 1. The molecule has 0 amide bonds. The molecule has 1 aromatic heterocycles. The first-order valence-corrected chi connectivity index (χ1v) is 6.31. The minimum Gasteiger partial charge on any atom is -0.327 e. The van der Waals surface area contributed by atoms with Gasteiger partial charge in [0.05, 0.1) is 5.56 Å². The van der Waals surface area contributed by atoms with Gasteiger partial charge in [-0.15, -0.1) is 0 Å². The Balaban J connectivity index is 2.33. The normalized spacial score (nSPS) is 13.1. The van der Waals surface area contributed by atoms with E-state index in [-0.39, 0.29) is 11.2 Å². The molecule has 2 aromatic rings. The van der Waals surface area contributed by atoms with Crippen molar-refractivity contribution >= 4 is 11.5 Å². The highest BCUT2D eigenvalue weighted by molar-refractivity contribution is 5.70. The minimum absolute atomic E-state index is 0.216. The molecule has 0 saturated carbocycles. The van der Waals surface area contributed by atoms with Gasteiger partial charge in [0, 0.05) is 25.7 Å². The number of aromatic amines is 1. The van der Waals surface area contributed by atoms with Gasteiger partial charge in [-0.2, -0.15) is 0 Å². The van der Waals surface area contributed by atoms with Crippen LogP contribution in [-0.4, -0.2) is 16.1 Å². The maximum absolute atomic E-state index is 12.2. The van der Waals surface area contributed by atoms with E-state index in [1.807, 2.05) is 36.1 Å². The van der Waals surface area contributed by atoms with E-state index in [0.717, 1.165) is 15.8 Å². The zero-order chi connectivity index (χ0) is 13.6. The van der Waals surface area contributed by atoms with Crippen LogP contribution in [0.4, 0.5) is 11.5 Å². The van der Waals surface area contributed by atoms with Crippen molar-refractivity contribution in [3.63, 3.8) is 0 Å². The molecule has 0 unspecified atom stereocenters. The van der Waals surface area contributed by atoms with Crippen LogP contribution in [-0.2, 0) is 13.5 Å². The van der Waals surface area contributed by atoms with Crippen molar-refractivity contribution in [1.82, 2.24) is 9.55 Å². The summed E-state index contributed by atoms with van der Waals surface area (Å²) in [6.07, 6.45) is 0.561. The van der Waals surface area contributed by atoms with Crippen LogP contribution in [0.1, 0.15) is 18.1 Å². The Hall–Kier alpha value is -2.30. The molecule has 19 heavy (non-hydrogen) atoms. The number of aromatic nitrogens is 2. The van der Waals surface area contributed by atoms with Crippen molar-refractivity contribution < 1.29 is 0 Å². The SMILES string of the molecule is CCN1c2ccccc2Cc2c1[nH]c(=O)n(C)c2=O. The smallest absolute Gasteiger partial charge is 0.327 e. The third kappa shape index (κ3) is 1.62. The Bertz CT molecular complexity index is 758. The molecule has 0 atom stereocenters. The quantitative estimate of drug-likeness (QED) is 0.833. The Morgan fingerprint density at radius 3 is 2.74 bits per heavy atom. The van der Waals surface area contributed by atoms with Gasteiger partial charge in [0.2, 0.25) is 0 Å². The van der Waals surface area contributed by atoms with Gasteiger partial charge in [-0.3, -0.25) is 14.3 Å². The van der Waals surface area contributed by atoms with Crippen LogP contribution in [0.5, 0.6) is 0 Å². The molecule has 0 saturated heterocycles. The Labute approximate surface area is 110 Å². The van der Waals surface area contributed by atoms with E-state index in [9.17, 15) is 9.59 Å². The lowest BCUT2D eigenvalue weighted by atomic mass is 9.99. The summed E-state index contributed by atoms with van der Waals surface area (Å²) in [5.74, 6) is 0.634. The number of fused-ring (bicyclic) bond motifs is 2. The molecule has 1 N–H and O–H groups in total. The molecule has 0 bridgehead atoms. The van der Waals surface area contributed by atoms with Crippen LogP contribution in [0.2, 0.25) is 0 Å². The number of para-hydroxylation sites is 1. The van der Waals surface area contributed by atoms with E-state index in [4.69, 9.17) is 0 Å². The molecular weight excluding hydrogens is 242 g/mol. The zero-order valence-electron chi connectivity index (χ0n) is 10.9. The summed E-state index contributed by atoms with van der Waals surface area (Å²) in [4.78, 5) is 28.8. The fourth-order valence-electron chi connectivity index (χ4n) is 2.61. The highest BCUT2D eigenvalue weighted by Gasteiger charge is 2.25. The van der Waals surface area contributed by atoms with Crippen molar-refractivity contribution in [3.05, 3.63) is 56.2 Å². The van der Waals surface area contributed by atoms with Crippen LogP contribution in [0.3, 0.4) is 0 Å². The summed E-state index contributed by atoms with van der Waals surface area (Å²) in [7, 11) is 1.50. The second kappa shape index (κ2) is 4.12. The van der Waals surface area contributed by atoms with Gasteiger partial charge in [0.25, 0.3) is 5.56 Å². The number of rotatable bonds is 1. The topological polar surface area (TPSA) is 58.1 Å². The molecule has 1 aliphatic heterocycles. The maximum atomic E-state index is 12.2. The standard InChI is InChI=1S/C14H15N3O2/c1-3-17-11-7-5-4-6-9(11)8-10-12(17)15-14(19)16(2)13(10)18/h4-7H,3,8H2,1-2H3,(H,15,19). The number of anilines is 2. The largest absolute Gasteiger partial charge is 0.329 e. The average molecular weight is 257 g/mol. The van der Waals surface area contributed by atoms with Gasteiger partial charge in [-0.25, -0.2) is 4.79 Å². The van der Waals surface area contributed by atoms with E-state index < -0.39 is 0 Å². The first kappa shape index (κ1) is 11.8. The van der Waals surface area contributed by atoms with Crippen LogP contribution >= 0.6 is 0 Å². The summed E-state index contributed by atoms with van der Waals surface area (Å²) in [6.45, 7) is 2.70. The molecular formula is C14H15N3O2. The molecule has 0 spiro atoms. The van der Waals surface area contributed by atoms with Gasteiger partial charge in [0.1, 0.15) is 5.82 Å². The zero-order valence-corrected chi connectivity index (χ0v) is 10.9. The van der Waals surface area contributed by atoms with Gasteiger partial charge < -0.3 is 4.90 Å². The molecule has 1 aliphatic rings. The maximum Gasteiger partial charge on any atom is 0.329 e. The van der Waals surface area contributed by atoms with Crippen LogP contribution in [0, 0.1) is 0 Å². The summed E-state index contributed by atoms with van der Waals surface area (Å²) in [6, 6.07) is 7.96. The Morgan fingerprint density at radius 2 is 2.00 bits per heavy atom. The first-order valence-electron chi connectivity index (χ1n) is 6.31. The fraction of sp³-hybridized carbons (Fsp3) is 0.286. The van der Waals surface area contributed by atoms with Gasteiger partial charge >= 0.3 is 5.69 Å². The van der Waals surface area contributed by atoms with Crippen LogP contribution in [0.15, 0.2) is 33.9 Å². The Kier molecular flexibility index (Phi) is 2.55. The second-order valence-electron chi connectivity index (χ2n) is 4.67. The highest BCUT2D eigenvalue weighted by Crippen LogP contribution is 2.34. The second-order valence-corrected chi connectivity index (χ2v) is 4.67. The number of nitrogens with one attached hydrogen (secondary N) is 1. The van der Waals surface area contributed by atoms with Gasteiger partial charge in [-0.05, 0) is 18.6 Å². The molecule has 98 valence electrons. The lowest BCUT2D eigenvalue weighted by Crippen LogP contribution is -2.39. The predicted molar refractivity (Wildman–Crippen MR) is 74.2 cm³/mol. The third-order valence-electron chi connectivity index (χ3n) is 3.61. The number of nitrogens with zero attached hydrogens (tertiary/aromatic N) is 2. The molecule has 0 radical (unpaired) electrons. The molecule has 2 heterocycles. The monoisotopic (exact) mass is 257 g/mol. The number of H-pyrrole nitrogens is 1. The van der Waals surface area contributed by atoms with E-state index in [1.165, 1.54) is 7.05 Å². The van der Waals surface area contributed by atoms with E-state index in [2.05, 4.69) is 4.98 Å². The van der Waals surface area contributed by atoms with E-state index in [1.54, 1.807) is 0 Å². The van der Waals surface area contributed by atoms with Crippen LogP contribution in [0.25, 0.3) is 0 Å². The Morgan fingerprint density at radius 1 is 1.26 bits per heavy atom. The average Bonchev–Trinajstić information content (AvgIpc) is 2.43. The van der Waals surface area contributed by atoms with E-state index in [0.29, 0.717) is 24.3 Å². The highest BCUT2D eigenvalue weighted by atomic mass is 16.2. The summed E-state index contributed by atoms with van der Waals surface area (Å²) in [5, 5.41) is 0. The minimum atomic E-state index is -0.374. The molecule has 5 nitrogen and oxygen atoms in total. The number of hydrogen-bond donors (Lipinski definition) is 1. The fourth-order valence-corrected chi connectivity index (χ4v) is 2.61. The third-order valence-corrected chi connectivity index (χ3v) is 3.61.